The van der Waals surface area contributed by atoms with Crippen LogP contribution >= 0.6 is 0 Å². The number of aliphatic hydroxyl groups is 3. The maximum atomic E-state index is 13.3. The fraction of sp³-hybridized carbons (Fsp3) is 0.350. The molecular weight excluding hydrogens is 394 g/mol. The molecule has 10 heteroatoms. The fourth-order valence-corrected chi connectivity index (χ4v) is 4.93. The highest BCUT2D eigenvalue weighted by atomic mass is 16.3. The molecule has 1 saturated carbocycles. The zero-order valence-corrected chi connectivity index (χ0v) is 15.8. The zero-order valence-electron chi connectivity index (χ0n) is 15.8. The Hall–Kier alpha value is -3.21. The van der Waals surface area contributed by atoms with Gasteiger partial charge in [0.2, 0.25) is 5.78 Å². The Bertz CT molecular complexity index is 1090. The third-order valence-corrected chi connectivity index (χ3v) is 6.35. The summed E-state index contributed by atoms with van der Waals surface area (Å²) >= 11 is 0. The summed E-state index contributed by atoms with van der Waals surface area (Å²) in [6.07, 6.45) is 0.181. The topological polar surface area (TPSA) is 210 Å². The maximum absolute atomic E-state index is 13.3. The monoisotopic (exact) mass is 415 g/mol. The van der Waals surface area contributed by atoms with E-state index in [2.05, 4.69) is 0 Å². The average Bonchev–Trinajstić information content (AvgIpc) is 2.68. The first-order valence-corrected chi connectivity index (χ1v) is 9.32. The largest absolute Gasteiger partial charge is 0.508 e. The maximum Gasteiger partial charge on any atom is 0.255 e. The van der Waals surface area contributed by atoms with E-state index in [4.69, 9.17) is 17.2 Å². The fourth-order valence-electron chi connectivity index (χ4n) is 4.93. The summed E-state index contributed by atoms with van der Waals surface area (Å²) in [5.74, 6) is -7.23. The summed E-state index contributed by atoms with van der Waals surface area (Å²) in [5.41, 5.74) is 14.1. The van der Waals surface area contributed by atoms with E-state index in [1.54, 1.807) is 6.07 Å². The van der Waals surface area contributed by atoms with Crippen LogP contribution in [0, 0.1) is 11.8 Å². The molecule has 1 unspecified atom stereocenters. The van der Waals surface area contributed by atoms with Gasteiger partial charge < -0.3 is 37.6 Å². The number of Topliss-reactive ketones (excluding diaryl/α,β-unsaturated/α-hetero) is 2. The Labute approximate surface area is 170 Å². The van der Waals surface area contributed by atoms with Crippen molar-refractivity contribution in [3.05, 3.63) is 45.7 Å². The lowest BCUT2D eigenvalue weighted by Gasteiger charge is -2.48. The Kier molecular flexibility index (Phi) is 4.28. The number of aromatic hydroxyl groups is 1. The third-order valence-electron chi connectivity index (χ3n) is 6.35. The molecular formula is C20H21N3O7. The van der Waals surface area contributed by atoms with Crippen molar-refractivity contribution in [3.8, 4) is 5.75 Å². The molecule has 10 N–H and O–H groups in total. The van der Waals surface area contributed by atoms with E-state index in [1.165, 1.54) is 6.07 Å². The van der Waals surface area contributed by atoms with Crippen LogP contribution < -0.4 is 17.2 Å². The lowest BCUT2D eigenvalue weighted by molar-refractivity contribution is -0.149. The third kappa shape index (κ3) is 2.38. The highest BCUT2D eigenvalue weighted by Crippen LogP contribution is 2.51. The molecule has 4 atom stereocenters. The quantitative estimate of drug-likeness (QED) is 0.289. The molecule has 10 nitrogen and oxygen atoms in total. The van der Waals surface area contributed by atoms with Crippen molar-refractivity contribution in [1.29, 1.82) is 0 Å². The molecule has 158 valence electrons. The van der Waals surface area contributed by atoms with Crippen molar-refractivity contribution in [2.24, 2.45) is 29.0 Å². The zero-order chi connectivity index (χ0) is 22.1. The summed E-state index contributed by atoms with van der Waals surface area (Å²) in [6.45, 7) is 0.151. The van der Waals surface area contributed by atoms with Crippen LogP contribution in [0.2, 0.25) is 0 Å². The van der Waals surface area contributed by atoms with E-state index >= 15 is 0 Å². The van der Waals surface area contributed by atoms with Gasteiger partial charge in [0, 0.05) is 18.0 Å². The van der Waals surface area contributed by atoms with Gasteiger partial charge in [-0.3, -0.25) is 14.4 Å². The first kappa shape index (κ1) is 20.1. The van der Waals surface area contributed by atoms with Crippen molar-refractivity contribution in [2.45, 2.75) is 31.0 Å². The van der Waals surface area contributed by atoms with Crippen molar-refractivity contribution in [3.63, 3.8) is 0 Å². The van der Waals surface area contributed by atoms with Gasteiger partial charge >= 0.3 is 0 Å². The normalized spacial score (nSPS) is 30.7. The van der Waals surface area contributed by atoms with E-state index < -0.39 is 58.0 Å². The molecule has 0 radical (unpaired) electrons. The highest BCUT2D eigenvalue weighted by Gasteiger charge is 2.63. The molecule has 0 aromatic heterocycles. The van der Waals surface area contributed by atoms with Gasteiger partial charge in [-0.2, -0.15) is 0 Å². The van der Waals surface area contributed by atoms with E-state index in [-0.39, 0.29) is 36.3 Å². The molecule has 0 heterocycles. The van der Waals surface area contributed by atoms with Crippen molar-refractivity contribution in [2.75, 3.05) is 0 Å². The molecule has 0 aliphatic heterocycles. The Morgan fingerprint density at radius 2 is 1.87 bits per heavy atom. The molecule has 1 amide bonds. The molecule has 1 aromatic rings. The number of ketones is 2. The second-order valence-corrected chi connectivity index (χ2v) is 7.93. The molecule has 4 rings (SSSR count). The minimum absolute atomic E-state index is 0.0301. The number of primary amides is 1. The van der Waals surface area contributed by atoms with Crippen LogP contribution in [0.5, 0.6) is 5.75 Å². The minimum atomic E-state index is -2.69. The van der Waals surface area contributed by atoms with Crippen molar-refractivity contribution < 1.29 is 34.8 Å². The van der Waals surface area contributed by atoms with Gasteiger partial charge in [0.05, 0.1) is 11.6 Å². The van der Waals surface area contributed by atoms with Gasteiger partial charge in [0.15, 0.2) is 11.4 Å². The van der Waals surface area contributed by atoms with Crippen molar-refractivity contribution in [1.82, 2.24) is 0 Å². The number of hydrogen-bond donors (Lipinski definition) is 7. The molecule has 1 aromatic carbocycles. The summed E-state index contributed by atoms with van der Waals surface area (Å²) in [5, 5.41) is 42.9. The Morgan fingerprint density at radius 1 is 1.20 bits per heavy atom. The summed E-state index contributed by atoms with van der Waals surface area (Å²) in [6, 6.07) is 1.60. The lowest BCUT2D eigenvalue weighted by atomic mass is 9.58. The molecule has 0 spiro atoms. The SMILES string of the molecule is NCc1cc(O)c2c(c1)C[C@H]1C[C@H]3C(N)C(=O)C(C(N)=O)=C(O)[C@@]3(O)C(=O)C1=C2O. The average molecular weight is 415 g/mol. The number of carbonyl (C=O) groups is 3. The van der Waals surface area contributed by atoms with Gasteiger partial charge in [0.25, 0.3) is 5.91 Å². The van der Waals surface area contributed by atoms with Crippen LogP contribution in [-0.4, -0.2) is 49.5 Å². The van der Waals surface area contributed by atoms with Crippen LogP contribution in [0.3, 0.4) is 0 Å². The standard InChI is InChI=1S/C20H21N3O7/c21-5-6-1-7-3-8-4-9-14(22)16(26)13(19(23)29)18(28)20(9,30)17(27)12(8)15(25)11(7)10(24)2-6/h1-2,8-9,14,24-25,28,30H,3-5,21-22H2,(H2,23,29)/t8-,9-,14?,20-/m0/s1. The summed E-state index contributed by atoms with van der Waals surface area (Å²) < 4.78 is 0. The first-order valence-electron chi connectivity index (χ1n) is 9.32. The number of amides is 1. The number of benzene rings is 1. The predicted octanol–water partition coefficient (Wildman–Crippen LogP) is -1.18. The van der Waals surface area contributed by atoms with Gasteiger partial charge in [0.1, 0.15) is 22.8 Å². The Morgan fingerprint density at radius 3 is 2.47 bits per heavy atom. The summed E-state index contributed by atoms with van der Waals surface area (Å²) in [7, 11) is 0. The van der Waals surface area contributed by atoms with E-state index in [9.17, 15) is 34.8 Å². The number of hydrogen-bond acceptors (Lipinski definition) is 9. The van der Waals surface area contributed by atoms with Crippen LogP contribution in [-0.2, 0) is 27.3 Å². The molecule has 0 saturated heterocycles. The molecule has 3 aliphatic carbocycles. The van der Waals surface area contributed by atoms with Gasteiger partial charge in [-0.15, -0.1) is 0 Å². The van der Waals surface area contributed by atoms with Gasteiger partial charge in [-0.1, -0.05) is 6.07 Å². The minimum Gasteiger partial charge on any atom is -0.508 e. The highest BCUT2D eigenvalue weighted by molar-refractivity contribution is 6.24. The molecule has 3 aliphatic rings. The van der Waals surface area contributed by atoms with E-state index in [0.717, 1.165) is 0 Å². The van der Waals surface area contributed by atoms with Crippen LogP contribution in [0.1, 0.15) is 23.1 Å². The predicted molar refractivity (Wildman–Crippen MR) is 103 cm³/mol. The smallest absolute Gasteiger partial charge is 0.255 e. The van der Waals surface area contributed by atoms with Crippen LogP contribution in [0.15, 0.2) is 29.0 Å². The molecule has 1 fully saturated rings. The second kappa shape index (κ2) is 6.39. The van der Waals surface area contributed by atoms with Crippen molar-refractivity contribution >= 4 is 23.2 Å². The molecule has 30 heavy (non-hydrogen) atoms. The number of aliphatic hydroxyl groups excluding tert-OH is 2. The number of phenolic OH excluding ortho intramolecular Hbond substituents is 1. The van der Waals surface area contributed by atoms with Crippen LogP contribution in [0.25, 0.3) is 5.76 Å². The molecule has 0 bridgehead atoms. The van der Waals surface area contributed by atoms with E-state index in [0.29, 0.717) is 11.1 Å². The lowest BCUT2D eigenvalue weighted by Crippen LogP contribution is -2.65. The number of nitrogens with two attached hydrogens (primary N) is 3. The second-order valence-electron chi connectivity index (χ2n) is 7.93. The number of fused-ring (bicyclic) bond motifs is 3. The van der Waals surface area contributed by atoms with Crippen LogP contribution in [0.4, 0.5) is 0 Å². The number of phenols is 1. The number of rotatable bonds is 2. The number of carbonyl (C=O) groups excluding carboxylic acids is 3. The van der Waals surface area contributed by atoms with Gasteiger partial charge in [-0.25, -0.2) is 0 Å². The van der Waals surface area contributed by atoms with E-state index in [1.807, 2.05) is 0 Å². The summed E-state index contributed by atoms with van der Waals surface area (Å²) in [4.78, 5) is 37.4. The van der Waals surface area contributed by atoms with Gasteiger partial charge in [-0.05, 0) is 36.0 Å². The Balaban J connectivity index is 1.94. The first-order chi connectivity index (χ1) is 14.0.